The molecule has 0 aromatic heterocycles. The molecule has 4 aliphatic rings. The van der Waals surface area contributed by atoms with Crippen LogP contribution in [0.1, 0.15) is 46.0 Å². The summed E-state index contributed by atoms with van der Waals surface area (Å²) in [5.74, 6) is -1.54. The van der Waals surface area contributed by atoms with Crippen LogP contribution in [0, 0.1) is 17.3 Å². The van der Waals surface area contributed by atoms with Crippen LogP contribution in [0.4, 0.5) is 0 Å². The fraction of sp³-hybridized carbons (Fsp3) is 0.800. The van der Waals surface area contributed by atoms with Crippen LogP contribution in [0.25, 0.3) is 0 Å². The molecule has 0 radical (unpaired) electrons. The number of amides is 3. The van der Waals surface area contributed by atoms with Gasteiger partial charge in [-0.05, 0) is 30.1 Å². The van der Waals surface area contributed by atoms with Gasteiger partial charge in [0.15, 0.2) is 0 Å². The van der Waals surface area contributed by atoms with Crippen LogP contribution in [0.5, 0.6) is 0 Å². The molecule has 3 aliphatic carbocycles. The van der Waals surface area contributed by atoms with Crippen molar-refractivity contribution in [3.63, 3.8) is 0 Å². The molecule has 21 heavy (non-hydrogen) atoms. The molecule has 6 nitrogen and oxygen atoms in total. The molecule has 3 amide bonds. The van der Waals surface area contributed by atoms with Crippen LogP contribution in [0.2, 0.25) is 0 Å². The Morgan fingerprint density at radius 2 is 1.81 bits per heavy atom. The highest BCUT2D eigenvalue weighted by Crippen LogP contribution is 2.63. The lowest BCUT2D eigenvalue weighted by atomic mass is 9.43. The Morgan fingerprint density at radius 3 is 2.33 bits per heavy atom. The second-order valence-electron chi connectivity index (χ2n) is 7.24. The van der Waals surface area contributed by atoms with Crippen LogP contribution in [-0.2, 0) is 14.4 Å². The van der Waals surface area contributed by atoms with Crippen LogP contribution < -0.4 is 0 Å². The lowest BCUT2D eigenvalue weighted by molar-refractivity contribution is -0.254. The average Bonchev–Trinajstić information content (AvgIpc) is 2.71. The Labute approximate surface area is 123 Å². The van der Waals surface area contributed by atoms with Gasteiger partial charge in [-0.1, -0.05) is 13.8 Å². The molecule has 0 aromatic rings. The van der Waals surface area contributed by atoms with E-state index in [0.29, 0.717) is 17.2 Å². The van der Waals surface area contributed by atoms with Gasteiger partial charge in [-0.2, -0.15) is 0 Å². The fourth-order valence-corrected chi connectivity index (χ4v) is 4.39. The SMILES string of the molecule is CC1(C)[C@@H]2C[C@H](O)[C@@](O)(CC(=O)N3C(=O)CCC3=O)[C@H]1C2. The molecule has 116 valence electrons. The van der Waals surface area contributed by atoms with Crippen molar-refractivity contribution < 1.29 is 24.6 Å². The van der Waals surface area contributed by atoms with E-state index < -0.39 is 29.4 Å². The zero-order valence-electron chi connectivity index (χ0n) is 12.3. The van der Waals surface area contributed by atoms with Crippen molar-refractivity contribution in [1.29, 1.82) is 0 Å². The zero-order chi connectivity index (χ0) is 15.6. The normalized spacial score (nSPS) is 41.1. The third-order valence-corrected chi connectivity index (χ3v) is 5.89. The molecular formula is C15H21NO5. The topological polar surface area (TPSA) is 94.9 Å². The third kappa shape index (κ3) is 1.89. The molecule has 0 aromatic carbocycles. The number of aliphatic hydroxyl groups is 2. The maximum absolute atomic E-state index is 12.3. The number of hydrogen-bond acceptors (Lipinski definition) is 5. The standard InChI is InChI=1S/C15H21NO5/c1-14(2)8-5-9(14)15(21,10(17)6-8)7-13(20)16-11(18)3-4-12(16)19/h8-10,17,21H,3-7H2,1-2H3/t8-,9-,10-,15+/m0/s1. The predicted molar refractivity (Wildman–Crippen MR) is 71.7 cm³/mol. The fourth-order valence-electron chi connectivity index (χ4n) is 4.39. The molecule has 6 heteroatoms. The molecule has 1 saturated heterocycles. The molecule has 4 fully saturated rings. The number of likely N-dealkylation sites (tertiary alicyclic amines) is 1. The van der Waals surface area contributed by atoms with E-state index in [4.69, 9.17) is 0 Å². The molecule has 0 spiro atoms. The number of carbonyl (C=O) groups is 3. The van der Waals surface area contributed by atoms with Gasteiger partial charge in [-0.25, -0.2) is 4.90 Å². The van der Waals surface area contributed by atoms with E-state index in [1.165, 1.54) is 0 Å². The minimum Gasteiger partial charge on any atom is -0.390 e. The number of imide groups is 3. The highest BCUT2D eigenvalue weighted by atomic mass is 16.3. The summed E-state index contributed by atoms with van der Waals surface area (Å²) >= 11 is 0. The number of carbonyl (C=O) groups excluding carboxylic acids is 3. The Morgan fingerprint density at radius 1 is 1.24 bits per heavy atom. The largest absolute Gasteiger partial charge is 0.390 e. The lowest BCUT2D eigenvalue weighted by Gasteiger charge is -2.64. The van der Waals surface area contributed by atoms with Gasteiger partial charge in [0, 0.05) is 12.8 Å². The van der Waals surface area contributed by atoms with E-state index in [-0.39, 0.29) is 30.6 Å². The predicted octanol–water partition coefficient (Wildman–Crippen LogP) is 0.210. The average molecular weight is 295 g/mol. The van der Waals surface area contributed by atoms with Crippen molar-refractivity contribution in [2.45, 2.75) is 57.7 Å². The molecule has 1 heterocycles. The minimum atomic E-state index is -1.54. The second-order valence-corrected chi connectivity index (χ2v) is 7.24. The maximum atomic E-state index is 12.3. The number of nitrogens with zero attached hydrogens (tertiary/aromatic N) is 1. The summed E-state index contributed by atoms with van der Waals surface area (Å²) in [7, 11) is 0. The Kier molecular flexibility index (Phi) is 3.05. The monoisotopic (exact) mass is 295 g/mol. The third-order valence-electron chi connectivity index (χ3n) is 5.89. The first kappa shape index (κ1) is 14.7. The minimum absolute atomic E-state index is 0.0442. The molecular weight excluding hydrogens is 274 g/mol. The first-order valence-electron chi connectivity index (χ1n) is 7.47. The van der Waals surface area contributed by atoms with Crippen LogP contribution in [0.15, 0.2) is 0 Å². The number of hydrogen-bond donors (Lipinski definition) is 2. The smallest absolute Gasteiger partial charge is 0.239 e. The van der Waals surface area contributed by atoms with E-state index in [1.807, 2.05) is 13.8 Å². The van der Waals surface area contributed by atoms with Gasteiger partial charge in [0.2, 0.25) is 17.7 Å². The first-order chi connectivity index (χ1) is 9.68. The van der Waals surface area contributed by atoms with Gasteiger partial charge >= 0.3 is 0 Å². The summed E-state index contributed by atoms with van der Waals surface area (Å²) in [6.07, 6.45) is -0.0336. The molecule has 2 N–H and O–H groups in total. The Bertz CT molecular complexity index is 512. The van der Waals surface area contributed by atoms with Crippen LogP contribution in [-0.4, -0.2) is 44.5 Å². The summed E-state index contributed by atoms with van der Waals surface area (Å²) in [5, 5.41) is 21.1. The van der Waals surface area contributed by atoms with E-state index >= 15 is 0 Å². The van der Waals surface area contributed by atoms with Gasteiger partial charge in [0.25, 0.3) is 0 Å². The van der Waals surface area contributed by atoms with Gasteiger partial charge in [0.1, 0.15) is 5.60 Å². The van der Waals surface area contributed by atoms with Gasteiger partial charge < -0.3 is 10.2 Å². The summed E-state index contributed by atoms with van der Waals surface area (Å²) in [4.78, 5) is 36.1. The van der Waals surface area contributed by atoms with E-state index in [9.17, 15) is 24.6 Å². The van der Waals surface area contributed by atoms with Crippen molar-refractivity contribution in [2.24, 2.45) is 17.3 Å². The summed E-state index contributed by atoms with van der Waals surface area (Å²) < 4.78 is 0. The molecule has 3 saturated carbocycles. The van der Waals surface area contributed by atoms with Crippen molar-refractivity contribution >= 4 is 17.7 Å². The lowest BCUT2D eigenvalue weighted by Crippen LogP contribution is -2.68. The van der Waals surface area contributed by atoms with E-state index in [0.717, 1.165) is 6.42 Å². The van der Waals surface area contributed by atoms with E-state index in [2.05, 4.69) is 0 Å². The maximum Gasteiger partial charge on any atom is 0.239 e. The summed E-state index contributed by atoms with van der Waals surface area (Å²) in [5.41, 5.74) is -1.67. The van der Waals surface area contributed by atoms with Gasteiger partial charge in [0.05, 0.1) is 12.5 Å². The van der Waals surface area contributed by atoms with Crippen LogP contribution >= 0.6 is 0 Å². The van der Waals surface area contributed by atoms with Gasteiger partial charge in [-0.15, -0.1) is 0 Å². The Hall–Kier alpha value is -1.27. The Balaban J connectivity index is 1.81. The number of fused-ring (bicyclic) bond motifs is 2. The van der Waals surface area contributed by atoms with Crippen molar-refractivity contribution in [2.75, 3.05) is 0 Å². The summed E-state index contributed by atoms with van der Waals surface area (Å²) in [6, 6.07) is 0. The van der Waals surface area contributed by atoms with Crippen molar-refractivity contribution in [1.82, 2.24) is 4.90 Å². The number of aliphatic hydroxyl groups excluding tert-OH is 1. The number of rotatable bonds is 2. The molecule has 1 aliphatic heterocycles. The highest BCUT2D eigenvalue weighted by molar-refractivity contribution is 6.15. The van der Waals surface area contributed by atoms with Crippen molar-refractivity contribution in [3.05, 3.63) is 0 Å². The second kappa shape index (κ2) is 4.36. The quantitative estimate of drug-likeness (QED) is 0.710. The van der Waals surface area contributed by atoms with Crippen LogP contribution in [0.3, 0.4) is 0 Å². The molecule has 0 unspecified atom stereocenters. The zero-order valence-corrected chi connectivity index (χ0v) is 12.3. The molecule has 4 rings (SSSR count). The molecule has 2 bridgehead atoms. The van der Waals surface area contributed by atoms with Crippen molar-refractivity contribution in [3.8, 4) is 0 Å². The van der Waals surface area contributed by atoms with E-state index in [1.54, 1.807) is 0 Å². The van der Waals surface area contributed by atoms with Gasteiger partial charge in [-0.3, -0.25) is 14.4 Å². The summed E-state index contributed by atoms with van der Waals surface area (Å²) in [6.45, 7) is 4.05. The molecule has 4 atom stereocenters. The first-order valence-corrected chi connectivity index (χ1v) is 7.47. The highest BCUT2D eigenvalue weighted by Gasteiger charge is 2.65.